The Balaban J connectivity index is 2.29. The van der Waals surface area contributed by atoms with Crippen LogP contribution in [0.15, 0.2) is 48.5 Å². The number of nitro groups is 1. The maximum Gasteiger partial charge on any atom is 0.358 e. The standard InChI is InChI=1S/C15H11N3O3/c1-10(19)11-5-4-6-12(9-11)17-15(18(20)21)13-7-2-3-8-14(13)16-17/h2-9H,1H3. The van der Waals surface area contributed by atoms with E-state index in [0.29, 0.717) is 22.2 Å². The van der Waals surface area contributed by atoms with Crippen LogP contribution in [0.25, 0.3) is 16.6 Å². The molecule has 0 fully saturated rings. The summed E-state index contributed by atoms with van der Waals surface area (Å²) in [4.78, 5) is 22.4. The molecule has 0 spiro atoms. The lowest BCUT2D eigenvalue weighted by Gasteiger charge is -2.01. The Morgan fingerprint density at radius 2 is 1.95 bits per heavy atom. The van der Waals surface area contributed by atoms with E-state index in [4.69, 9.17) is 0 Å². The summed E-state index contributed by atoms with van der Waals surface area (Å²) >= 11 is 0. The molecule has 0 atom stereocenters. The molecule has 1 aromatic heterocycles. The minimum Gasteiger partial charge on any atom is -0.358 e. The first-order chi connectivity index (χ1) is 10.1. The van der Waals surface area contributed by atoms with Gasteiger partial charge >= 0.3 is 5.82 Å². The molecule has 0 saturated carbocycles. The highest BCUT2D eigenvalue weighted by Gasteiger charge is 2.23. The second-order valence-electron chi connectivity index (χ2n) is 4.62. The SMILES string of the molecule is CC(=O)c1cccc(-n2nc3ccccc3c2[N+](=O)[O-])c1. The fraction of sp³-hybridized carbons (Fsp3) is 0.0667. The molecule has 0 saturated heterocycles. The van der Waals surface area contributed by atoms with Crippen LogP contribution in [0.2, 0.25) is 0 Å². The van der Waals surface area contributed by atoms with Crippen LogP contribution in [0.1, 0.15) is 17.3 Å². The number of hydrogen-bond donors (Lipinski definition) is 0. The molecule has 3 aromatic rings. The van der Waals surface area contributed by atoms with Crippen LogP contribution in [-0.2, 0) is 0 Å². The molecule has 1 heterocycles. The van der Waals surface area contributed by atoms with Crippen molar-refractivity contribution in [2.24, 2.45) is 0 Å². The third kappa shape index (κ3) is 2.16. The summed E-state index contributed by atoms with van der Waals surface area (Å²) in [6.45, 7) is 1.45. The monoisotopic (exact) mass is 281 g/mol. The van der Waals surface area contributed by atoms with Crippen molar-refractivity contribution in [3.8, 4) is 5.69 Å². The Labute approximate surface area is 119 Å². The van der Waals surface area contributed by atoms with Gasteiger partial charge in [-0.2, -0.15) is 0 Å². The zero-order valence-corrected chi connectivity index (χ0v) is 11.2. The Bertz CT molecular complexity index is 867. The summed E-state index contributed by atoms with van der Waals surface area (Å²) in [6.07, 6.45) is 0. The highest BCUT2D eigenvalue weighted by Crippen LogP contribution is 2.28. The second kappa shape index (κ2) is 4.82. The van der Waals surface area contributed by atoms with Gasteiger partial charge in [-0.15, -0.1) is 0 Å². The maximum atomic E-state index is 11.5. The van der Waals surface area contributed by atoms with Crippen molar-refractivity contribution >= 4 is 22.5 Å². The topological polar surface area (TPSA) is 78.0 Å². The lowest BCUT2D eigenvalue weighted by atomic mass is 10.1. The molecule has 3 rings (SSSR count). The quantitative estimate of drug-likeness (QED) is 0.419. The zero-order chi connectivity index (χ0) is 15.0. The highest BCUT2D eigenvalue weighted by molar-refractivity contribution is 5.94. The first kappa shape index (κ1) is 13.0. The molecule has 2 aromatic carbocycles. The smallest absolute Gasteiger partial charge is 0.358 e. The molecule has 0 bridgehead atoms. The summed E-state index contributed by atoms with van der Waals surface area (Å²) in [5.41, 5.74) is 1.52. The molecule has 21 heavy (non-hydrogen) atoms. The molecule has 6 nitrogen and oxygen atoms in total. The Morgan fingerprint density at radius 3 is 2.67 bits per heavy atom. The minimum atomic E-state index is -0.463. The van der Waals surface area contributed by atoms with E-state index < -0.39 is 4.92 Å². The van der Waals surface area contributed by atoms with Crippen LogP contribution in [0.3, 0.4) is 0 Å². The van der Waals surface area contributed by atoms with Crippen molar-refractivity contribution in [2.45, 2.75) is 6.92 Å². The predicted octanol–water partition coefficient (Wildman–Crippen LogP) is 3.14. The molecule has 0 N–H and O–H groups in total. The van der Waals surface area contributed by atoms with Gasteiger partial charge in [0, 0.05) is 5.56 Å². The molecule has 6 heteroatoms. The number of Topliss-reactive ketones (excluding diaryl/α,β-unsaturated/α-hetero) is 1. The summed E-state index contributed by atoms with van der Waals surface area (Å²) in [5, 5.41) is 16.1. The van der Waals surface area contributed by atoms with E-state index in [9.17, 15) is 14.9 Å². The molecule has 104 valence electrons. The Kier molecular flexibility index (Phi) is 2.98. The first-order valence-corrected chi connectivity index (χ1v) is 6.31. The van der Waals surface area contributed by atoms with Gasteiger partial charge < -0.3 is 10.1 Å². The number of carbonyl (C=O) groups is 1. The number of aromatic nitrogens is 2. The molecule has 0 aliphatic heterocycles. The summed E-state index contributed by atoms with van der Waals surface area (Å²) < 4.78 is 1.26. The molecular formula is C15H11N3O3. The van der Waals surface area contributed by atoms with Gasteiger partial charge in [-0.3, -0.25) is 4.79 Å². The van der Waals surface area contributed by atoms with Crippen molar-refractivity contribution in [1.29, 1.82) is 0 Å². The van der Waals surface area contributed by atoms with Gasteiger partial charge in [-0.1, -0.05) is 34.0 Å². The first-order valence-electron chi connectivity index (χ1n) is 6.31. The fourth-order valence-electron chi connectivity index (χ4n) is 2.23. The van der Waals surface area contributed by atoms with E-state index in [1.807, 2.05) is 0 Å². The third-order valence-electron chi connectivity index (χ3n) is 3.22. The normalized spacial score (nSPS) is 10.7. The Hall–Kier alpha value is -3.02. The van der Waals surface area contributed by atoms with Crippen LogP contribution in [0.4, 0.5) is 5.82 Å². The molecule has 0 radical (unpaired) electrons. The number of ketones is 1. The molecular weight excluding hydrogens is 270 g/mol. The van der Waals surface area contributed by atoms with Gasteiger partial charge in [0.2, 0.25) is 0 Å². The largest absolute Gasteiger partial charge is 0.358 e. The van der Waals surface area contributed by atoms with Crippen molar-refractivity contribution in [2.75, 3.05) is 0 Å². The molecule has 0 aliphatic carbocycles. The van der Waals surface area contributed by atoms with E-state index >= 15 is 0 Å². The zero-order valence-electron chi connectivity index (χ0n) is 11.2. The second-order valence-corrected chi connectivity index (χ2v) is 4.62. The van der Waals surface area contributed by atoms with Gasteiger partial charge in [0.05, 0.1) is 0 Å². The average molecular weight is 281 g/mol. The van der Waals surface area contributed by atoms with Crippen molar-refractivity contribution in [3.63, 3.8) is 0 Å². The van der Waals surface area contributed by atoms with E-state index in [-0.39, 0.29) is 11.6 Å². The van der Waals surface area contributed by atoms with Gasteiger partial charge in [-0.25, -0.2) is 0 Å². The van der Waals surface area contributed by atoms with Gasteiger partial charge in [0.1, 0.15) is 10.9 Å². The van der Waals surface area contributed by atoms with Crippen LogP contribution in [-0.4, -0.2) is 20.5 Å². The molecule has 0 amide bonds. The van der Waals surface area contributed by atoms with Crippen LogP contribution in [0, 0.1) is 10.1 Å². The van der Waals surface area contributed by atoms with Crippen molar-refractivity contribution < 1.29 is 9.72 Å². The van der Waals surface area contributed by atoms with Gasteiger partial charge in [0.15, 0.2) is 11.5 Å². The molecule has 0 aliphatic rings. The average Bonchev–Trinajstić information content (AvgIpc) is 2.87. The van der Waals surface area contributed by atoms with Gasteiger partial charge in [0.25, 0.3) is 0 Å². The molecule has 0 unspecified atom stereocenters. The van der Waals surface area contributed by atoms with Crippen molar-refractivity contribution in [1.82, 2.24) is 9.78 Å². The third-order valence-corrected chi connectivity index (χ3v) is 3.22. The van der Waals surface area contributed by atoms with Crippen LogP contribution < -0.4 is 0 Å². The number of hydrogen-bond acceptors (Lipinski definition) is 4. The van der Waals surface area contributed by atoms with Gasteiger partial charge in [-0.05, 0) is 36.1 Å². The fourth-order valence-corrected chi connectivity index (χ4v) is 2.23. The minimum absolute atomic E-state index is 0.101. The van der Waals surface area contributed by atoms with E-state index in [0.717, 1.165) is 0 Å². The lowest BCUT2D eigenvalue weighted by molar-refractivity contribution is -0.389. The summed E-state index contributed by atoms with van der Waals surface area (Å²) in [6, 6.07) is 13.5. The van der Waals surface area contributed by atoms with E-state index in [1.54, 1.807) is 48.5 Å². The van der Waals surface area contributed by atoms with E-state index in [1.165, 1.54) is 11.6 Å². The maximum absolute atomic E-state index is 11.5. The predicted molar refractivity (Wildman–Crippen MR) is 77.7 cm³/mol. The number of rotatable bonds is 3. The number of nitrogens with zero attached hydrogens (tertiary/aromatic N) is 3. The van der Waals surface area contributed by atoms with Crippen molar-refractivity contribution in [3.05, 3.63) is 64.2 Å². The van der Waals surface area contributed by atoms with E-state index in [2.05, 4.69) is 5.10 Å². The lowest BCUT2D eigenvalue weighted by Crippen LogP contribution is -2.03. The summed E-state index contributed by atoms with van der Waals surface area (Å²) in [5.74, 6) is -0.206. The Morgan fingerprint density at radius 1 is 1.19 bits per heavy atom. The number of fused-ring (bicyclic) bond motifs is 1. The van der Waals surface area contributed by atoms with Crippen LogP contribution in [0.5, 0.6) is 0 Å². The summed E-state index contributed by atoms with van der Waals surface area (Å²) in [7, 11) is 0. The highest BCUT2D eigenvalue weighted by atomic mass is 16.6. The number of carbonyl (C=O) groups excluding carboxylic acids is 1. The number of benzene rings is 2. The van der Waals surface area contributed by atoms with Crippen LogP contribution >= 0.6 is 0 Å².